The molecule has 142 valence electrons. The zero-order chi connectivity index (χ0) is 19.1. The lowest BCUT2D eigenvalue weighted by Gasteiger charge is -2.07. The van der Waals surface area contributed by atoms with Crippen LogP contribution in [-0.2, 0) is 17.0 Å². The summed E-state index contributed by atoms with van der Waals surface area (Å²) in [6.07, 6.45) is 0.628. The van der Waals surface area contributed by atoms with Crippen molar-refractivity contribution < 1.29 is 18.3 Å². The number of ether oxygens (including phenoxy) is 1. The standard InChI is InChI=1S/C19H18F2N2O2S2/c20-19(21)25-14-7-5-13(6-8-14)9-10-22-17(24)11-26-12-18-23-15-3-1-2-4-16(15)27-18/h1-8,19H,9-12H2,(H,22,24). The fraction of sp³-hybridized carbons (Fsp3) is 0.263. The Labute approximate surface area is 163 Å². The Kier molecular flexibility index (Phi) is 7.00. The molecule has 0 bridgehead atoms. The zero-order valence-corrected chi connectivity index (χ0v) is 16.0. The van der Waals surface area contributed by atoms with Gasteiger partial charge in [-0.05, 0) is 36.2 Å². The number of rotatable bonds is 9. The Hall–Kier alpha value is -2.19. The number of para-hydroxylation sites is 1. The van der Waals surface area contributed by atoms with Crippen molar-refractivity contribution in [1.82, 2.24) is 10.3 Å². The van der Waals surface area contributed by atoms with Crippen molar-refractivity contribution in [3.05, 3.63) is 59.1 Å². The molecule has 0 aliphatic rings. The van der Waals surface area contributed by atoms with Gasteiger partial charge in [-0.25, -0.2) is 4.98 Å². The topological polar surface area (TPSA) is 51.2 Å². The number of fused-ring (bicyclic) bond motifs is 1. The highest BCUT2D eigenvalue weighted by Crippen LogP contribution is 2.24. The van der Waals surface area contributed by atoms with E-state index in [2.05, 4.69) is 15.0 Å². The number of thiazole rings is 1. The van der Waals surface area contributed by atoms with Gasteiger partial charge in [0.05, 0.1) is 16.0 Å². The van der Waals surface area contributed by atoms with Crippen LogP contribution in [0.5, 0.6) is 5.75 Å². The van der Waals surface area contributed by atoms with Crippen molar-refractivity contribution in [2.24, 2.45) is 0 Å². The molecule has 0 radical (unpaired) electrons. The van der Waals surface area contributed by atoms with Gasteiger partial charge in [-0.2, -0.15) is 8.78 Å². The van der Waals surface area contributed by atoms with Crippen LogP contribution in [0, 0.1) is 0 Å². The van der Waals surface area contributed by atoms with Gasteiger partial charge in [-0.15, -0.1) is 23.1 Å². The maximum absolute atomic E-state index is 12.1. The number of alkyl halides is 2. The minimum atomic E-state index is -2.82. The molecule has 1 aromatic heterocycles. The normalized spacial score (nSPS) is 11.1. The smallest absolute Gasteiger partial charge is 0.387 e. The Morgan fingerprint density at radius 2 is 1.96 bits per heavy atom. The van der Waals surface area contributed by atoms with Crippen LogP contribution in [0.25, 0.3) is 10.2 Å². The third-order valence-electron chi connectivity index (χ3n) is 3.68. The Bertz CT molecular complexity index is 852. The molecule has 0 aliphatic heterocycles. The van der Waals surface area contributed by atoms with Crippen LogP contribution >= 0.6 is 23.1 Å². The molecule has 1 amide bonds. The first-order valence-electron chi connectivity index (χ1n) is 8.33. The number of amides is 1. The minimum Gasteiger partial charge on any atom is -0.435 e. The number of hydrogen-bond donors (Lipinski definition) is 1. The third-order valence-corrected chi connectivity index (χ3v) is 5.84. The van der Waals surface area contributed by atoms with Gasteiger partial charge in [-0.1, -0.05) is 24.3 Å². The largest absolute Gasteiger partial charge is 0.435 e. The minimum absolute atomic E-state index is 0.0289. The number of aromatic nitrogens is 1. The molecule has 0 saturated carbocycles. The summed E-state index contributed by atoms with van der Waals surface area (Å²) in [6, 6.07) is 14.4. The molecule has 3 rings (SSSR count). The van der Waals surface area contributed by atoms with Gasteiger partial charge in [-0.3, -0.25) is 4.79 Å². The predicted octanol–water partition coefficient (Wildman–Crippen LogP) is 4.49. The molecular formula is C19H18F2N2O2S2. The molecule has 27 heavy (non-hydrogen) atoms. The Balaban J connectivity index is 1.34. The van der Waals surface area contributed by atoms with E-state index < -0.39 is 6.61 Å². The van der Waals surface area contributed by atoms with Gasteiger partial charge < -0.3 is 10.1 Å². The second kappa shape index (κ2) is 9.66. The first-order chi connectivity index (χ1) is 13.1. The highest BCUT2D eigenvalue weighted by atomic mass is 32.2. The summed E-state index contributed by atoms with van der Waals surface area (Å²) in [5.74, 6) is 1.18. The van der Waals surface area contributed by atoms with Crippen LogP contribution in [0.1, 0.15) is 10.6 Å². The highest BCUT2D eigenvalue weighted by Gasteiger charge is 2.07. The van der Waals surface area contributed by atoms with Crippen molar-refractivity contribution in [2.75, 3.05) is 12.3 Å². The van der Waals surface area contributed by atoms with Gasteiger partial charge in [0.1, 0.15) is 10.8 Å². The molecule has 4 nitrogen and oxygen atoms in total. The van der Waals surface area contributed by atoms with E-state index in [1.807, 2.05) is 24.3 Å². The number of thioether (sulfide) groups is 1. The van der Waals surface area contributed by atoms with Crippen LogP contribution in [0.4, 0.5) is 8.78 Å². The average Bonchev–Trinajstić information content (AvgIpc) is 3.05. The van der Waals surface area contributed by atoms with Crippen molar-refractivity contribution in [2.45, 2.75) is 18.8 Å². The van der Waals surface area contributed by atoms with Crippen LogP contribution in [0.2, 0.25) is 0 Å². The fourth-order valence-corrected chi connectivity index (χ4v) is 4.32. The molecule has 1 N–H and O–H groups in total. The number of nitrogens with one attached hydrogen (secondary N) is 1. The number of nitrogens with zero attached hydrogens (tertiary/aromatic N) is 1. The lowest BCUT2D eigenvalue weighted by molar-refractivity contribution is -0.118. The molecule has 0 spiro atoms. The van der Waals surface area contributed by atoms with E-state index in [0.29, 0.717) is 24.5 Å². The Morgan fingerprint density at radius 3 is 2.70 bits per heavy atom. The highest BCUT2D eigenvalue weighted by molar-refractivity contribution is 7.99. The summed E-state index contributed by atoms with van der Waals surface area (Å²) in [6.45, 7) is -2.33. The molecule has 1 heterocycles. The maximum atomic E-state index is 12.1. The van der Waals surface area contributed by atoms with Gasteiger partial charge in [0.25, 0.3) is 0 Å². The number of halogens is 2. The lowest BCUT2D eigenvalue weighted by Crippen LogP contribution is -2.27. The average molecular weight is 408 g/mol. The molecule has 3 aromatic rings. The fourth-order valence-electron chi connectivity index (χ4n) is 2.45. The van der Waals surface area contributed by atoms with E-state index >= 15 is 0 Å². The first kappa shape index (κ1) is 19.6. The van der Waals surface area contributed by atoms with Gasteiger partial charge in [0, 0.05) is 12.3 Å². The number of hydrogen-bond acceptors (Lipinski definition) is 5. The SMILES string of the molecule is O=C(CSCc1nc2ccccc2s1)NCCc1ccc(OC(F)F)cc1. The van der Waals surface area contributed by atoms with Gasteiger partial charge >= 0.3 is 6.61 Å². The molecule has 0 atom stereocenters. The maximum Gasteiger partial charge on any atom is 0.387 e. The summed E-state index contributed by atoms with van der Waals surface area (Å²) in [5.41, 5.74) is 1.94. The van der Waals surface area contributed by atoms with E-state index in [1.165, 1.54) is 23.9 Å². The quantitative estimate of drug-likeness (QED) is 0.567. The van der Waals surface area contributed by atoms with E-state index in [-0.39, 0.29) is 11.7 Å². The third kappa shape index (κ3) is 6.18. The van der Waals surface area contributed by atoms with Crippen LogP contribution in [0.15, 0.2) is 48.5 Å². The van der Waals surface area contributed by atoms with Gasteiger partial charge in [0.15, 0.2) is 0 Å². The number of carbonyl (C=O) groups is 1. The van der Waals surface area contributed by atoms with Gasteiger partial charge in [0.2, 0.25) is 5.91 Å². The lowest BCUT2D eigenvalue weighted by atomic mass is 10.1. The van der Waals surface area contributed by atoms with Crippen LogP contribution in [0.3, 0.4) is 0 Å². The van der Waals surface area contributed by atoms with E-state index in [9.17, 15) is 13.6 Å². The Morgan fingerprint density at radius 1 is 1.19 bits per heavy atom. The van der Waals surface area contributed by atoms with Crippen molar-refractivity contribution in [3.63, 3.8) is 0 Å². The number of benzene rings is 2. The van der Waals surface area contributed by atoms with Crippen molar-refractivity contribution >= 4 is 39.2 Å². The number of carbonyl (C=O) groups excluding carboxylic acids is 1. The molecule has 8 heteroatoms. The molecular weight excluding hydrogens is 390 g/mol. The summed E-state index contributed by atoms with van der Waals surface area (Å²) >= 11 is 3.18. The van der Waals surface area contributed by atoms with E-state index in [1.54, 1.807) is 23.5 Å². The summed E-state index contributed by atoms with van der Waals surface area (Å²) in [7, 11) is 0. The first-order valence-corrected chi connectivity index (χ1v) is 10.3. The summed E-state index contributed by atoms with van der Waals surface area (Å²) < 4.78 is 29.7. The molecule has 2 aromatic carbocycles. The van der Waals surface area contributed by atoms with Crippen molar-refractivity contribution in [3.8, 4) is 5.75 Å². The monoisotopic (exact) mass is 408 g/mol. The van der Waals surface area contributed by atoms with E-state index in [4.69, 9.17) is 0 Å². The predicted molar refractivity (Wildman–Crippen MR) is 106 cm³/mol. The van der Waals surface area contributed by atoms with Crippen LogP contribution < -0.4 is 10.1 Å². The molecule has 0 unspecified atom stereocenters. The molecule has 0 saturated heterocycles. The molecule has 0 aliphatic carbocycles. The molecule has 0 fully saturated rings. The van der Waals surface area contributed by atoms with Crippen molar-refractivity contribution in [1.29, 1.82) is 0 Å². The second-order valence-electron chi connectivity index (χ2n) is 5.69. The van der Waals surface area contributed by atoms with E-state index in [0.717, 1.165) is 20.8 Å². The second-order valence-corrected chi connectivity index (χ2v) is 7.79. The van der Waals surface area contributed by atoms with Crippen LogP contribution in [-0.4, -0.2) is 29.8 Å². The summed E-state index contributed by atoms with van der Waals surface area (Å²) in [5, 5.41) is 3.88. The zero-order valence-electron chi connectivity index (χ0n) is 14.4. The summed E-state index contributed by atoms with van der Waals surface area (Å²) in [4.78, 5) is 16.5.